The molecule has 1 saturated heterocycles. The molecule has 0 aliphatic carbocycles. The number of anilines is 1. The summed E-state index contributed by atoms with van der Waals surface area (Å²) in [7, 11) is -3.50. The van der Waals surface area contributed by atoms with E-state index in [1.807, 2.05) is 4.90 Å². The van der Waals surface area contributed by atoms with Crippen molar-refractivity contribution in [2.24, 2.45) is 0 Å². The monoisotopic (exact) mass is 542 g/mol. The number of aryl methyl sites for hydroxylation is 1. The Morgan fingerprint density at radius 3 is 2.32 bits per heavy atom. The van der Waals surface area contributed by atoms with Gasteiger partial charge in [-0.1, -0.05) is 12.0 Å². The third-order valence-electron chi connectivity index (χ3n) is 5.75. The zero-order chi connectivity index (χ0) is 27.0. The number of hydrogen-bond acceptors (Lipinski definition) is 7. The van der Waals surface area contributed by atoms with Gasteiger partial charge in [0.2, 0.25) is 10.0 Å². The summed E-state index contributed by atoms with van der Waals surface area (Å²) in [5.74, 6) is 7.00. The molecule has 1 fully saturated rings. The highest BCUT2D eigenvalue weighted by molar-refractivity contribution is 7.92. The summed E-state index contributed by atoms with van der Waals surface area (Å²) in [6.45, 7) is 1.67. The van der Waals surface area contributed by atoms with Crippen molar-refractivity contribution in [2.45, 2.75) is 25.4 Å². The second kappa shape index (κ2) is 12.1. The third kappa shape index (κ3) is 7.60. The van der Waals surface area contributed by atoms with E-state index in [-0.39, 0.29) is 5.69 Å². The number of pyridine rings is 2. The standard InChI is InChI=1S/C26H25F3N6O2S/c27-26(28,29)22-8-10-23(32-20-22)9-6-21-7-11-25(33-19-21)34-14-16-35(17-15-34)38(36,37)18-3-1-2-5-24-30-12-4-13-31-24/h3-4,7-8,10-13,18-20H,1-2,5,14-17H2. The summed E-state index contributed by atoms with van der Waals surface area (Å²) in [6, 6.07) is 7.45. The normalized spacial score (nSPS) is 14.9. The van der Waals surface area contributed by atoms with Crippen LogP contribution >= 0.6 is 0 Å². The van der Waals surface area contributed by atoms with Gasteiger partial charge in [-0.3, -0.25) is 0 Å². The van der Waals surface area contributed by atoms with Gasteiger partial charge in [-0.15, -0.1) is 0 Å². The van der Waals surface area contributed by atoms with E-state index < -0.39 is 21.8 Å². The molecule has 12 heteroatoms. The fraction of sp³-hybridized carbons (Fsp3) is 0.308. The maximum absolute atomic E-state index is 12.7. The molecule has 0 unspecified atom stereocenters. The lowest BCUT2D eigenvalue weighted by Gasteiger charge is -2.34. The SMILES string of the molecule is O=S(=O)(C=CCCCc1ncccn1)N1CCN(c2ccc(C#Cc3ccc(C(F)(F)F)cn3)cn2)CC1. The van der Waals surface area contributed by atoms with Crippen LogP contribution in [0.1, 0.15) is 35.5 Å². The van der Waals surface area contributed by atoms with Crippen molar-refractivity contribution < 1.29 is 21.6 Å². The summed E-state index contributed by atoms with van der Waals surface area (Å²) in [4.78, 5) is 18.4. The van der Waals surface area contributed by atoms with E-state index in [4.69, 9.17) is 0 Å². The number of rotatable bonds is 7. The summed E-state index contributed by atoms with van der Waals surface area (Å²) in [5.41, 5.74) is -0.0216. The predicted octanol–water partition coefficient (Wildman–Crippen LogP) is 3.67. The number of aromatic nitrogens is 4. The summed E-state index contributed by atoms with van der Waals surface area (Å²) < 4.78 is 64.7. The van der Waals surface area contributed by atoms with Crippen LogP contribution in [0.4, 0.5) is 19.0 Å². The zero-order valence-corrected chi connectivity index (χ0v) is 21.2. The summed E-state index contributed by atoms with van der Waals surface area (Å²) in [5, 5.41) is 1.27. The van der Waals surface area contributed by atoms with Crippen molar-refractivity contribution in [3.05, 3.63) is 89.2 Å². The van der Waals surface area contributed by atoms with Gasteiger partial charge in [0.1, 0.15) is 17.3 Å². The first kappa shape index (κ1) is 27.2. The van der Waals surface area contributed by atoms with Crippen LogP contribution in [0.5, 0.6) is 0 Å². The lowest BCUT2D eigenvalue weighted by Crippen LogP contribution is -2.48. The lowest BCUT2D eigenvalue weighted by molar-refractivity contribution is -0.137. The highest BCUT2D eigenvalue weighted by Crippen LogP contribution is 2.28. The van der Waals surface area contributed by atoms with Gasteiger partial charge in [0, 0.05) is 68.4 Å². The molecule has 0 amide bonds. The average Bonchev–Trinajstić information content (AvgIpc) is 2.92. The smallest absolute Gasteiger partial charge is 0.354 e. The molecule has 0 saturated carbocycles. The Bertz CT molecular complexity index is 1390. The number of unbranched alkanes of at least 4 members (excludes halogenated alkanes) is 1. The molecular weight excluding hydrogens is 517 g/mol. The van der Waals surface area contributed by atoms with Gasteiger partial charge in [-0.05, 0) is 49.1 Å². The number of piperazine rings is 1. The fourth-order valence-corrected chi connectivity index (χ4v) is 4.93. The minimum absolute atomic E-state index is 0.221. The molecule has 0 bridgehead atoms. The third-order valence-corrected chi connectivity index (χ3v) is 7.38. The Morgan fingerprint density at radius 1 is 0.921 bits per heavy atom. The van der Waals surface area contributed by atoms with E-state index in [9.17, 15) is 21.6 Å². The number of halogens is 3. The van der Waals surface area contributed by atoms with Crippen LogP contribution in [0.3, 0.4) is 0 Å². The zero-order valence-electron chi connectivity index (χ0n) is 20.3. The van der Waals surface area contributed by atoms with E-state index >= 15 is 0 Å². The Kier molecular flexibility index (Phi) is 8.70. The second-order valence-corrected chi connectivity index (χ2v) is 10.3. The molecule has 1 aliphatic rings. The number of hydrogen-bond donors (Lipinski definition) is 0. The van der Waals surface area contributed by atoms with Gasteiger partial charge in [0.15, 0.2) is 0 Å². The van der Waals surface area contributed by atoms with Gasteiger partial charge in [0.25, 0.3) is 0 Å². The number of allylic oxidation sites excluding steroid dienone is 1. The van der Waals surface area contributed by atoms with Crippen molar-refractivity contribution in [3.63, 3.8) is 0 Å². The molecule has 198 valence electrons. The van der Waals surface area contributed by atoms with E-state index in [0.29, 0.717) is 50.4 Å². The van der Waals surface area contributed by atoms with Crippen molar-refractivity contribution in [1.29, 1.82) is 0 Å². The van der Waals surface area contributed by atoms with Crippen LogP contribution in [0.25, 0.3) is 0 Å². The molecule has 3 aromatic heterocycles. The number of nitrogens with zero attached hydrogens (tertiary/aromatic N) is 6. The first-order valence-electron chi connectivity index (χ1n) is 11.9. The van der Waals surface area contributed by atoms with Crippen molar-refractivity contribution in [1.82, 2.24) is 24.2 Å². The molecule has 0 N–H and O–H groups in total. The average molecular weight is 543 g/mol. The van der Waals surface area contributed by atoms with Crippen molar-refractivity contribution in [3.8, 4) is 11.8 Å². The topological polar surface area (TPSA) is 92.2 Å². The van der Waals surface area contributed by atoms with Gasteiger partial charge >= 0.3 is 6.18 Å². The van der Waals surface area contributed by atoms with Crippen LogP contribution < -0.4 is 4.90 Å². The molecule has 1 aliphatic heterocycles. The minimum Gasteiger partial charge on any atom is -0.354 e. The minimum atomic E-state index is -4.44. The molecule has 4 heterocycles. The van der Waals surface area contributed by atoms with Crippen LogP contribution in [-0.2, 0) is 22.6 Å². The van der Waals surface area contributed by atoms with Crippen LogP contribution in [0, 0.1) is 11.8 Å². The van der Waals surface area contributed by atoms with E-state index in [2.05, 4.69) is 31.8 Å². The van der Waals surface area contributed by atoms with Crippen LogP contribution in [0.2, 0.25) is 0 Å². The molecule has 0 atom stereocenters. The highest BCUT2D eigenvalue weighted by Gasteiger charge is 2.30. The lowest BCUT2D eigenvalue weighted by atomic mass is 10.2. The largest absolute Gasteiger partial charge is 0.417 e. The number of alkyl halides is 3. The van der Waals surface area contributed by atoms with Gasteiger partial charge in [-0.2, -0.15) is 17.5 Å². The van der Waals surface area contributed by atoms with Crippen molar-refractivity contribution in [2.75, 3.05) is 31.1 Å². The maximum atomic E-state index is 12.7. The summed E-state index contributed by atoms with van der Waals surface area (Å²) in [6.07, 6.45) is 4.99. The molecular formula is C26H25F3N6O2S. The highest BCUT2D eigenvalue weighted by atomic mass is 32.2. The van der Waals surface area contributed by atoms with E-state index in [1.54, 1.807) is 42.9 Å². The molecule has 8 nitrogen and oxygen atoms in total. The molecule has 0 radical (unpaired) electrons. The number of sulfonamides is 1. The van der Waals surface area contributed by atoms with Gasteiger partial charge in [0.05, 0.1) is 5.56 Å². The second-order valence-electron chi connectivity index (χ2n) is 8.45. The van der Waals surface area contributed by atoms with E-state index in [1.165, 1.54) is 15.8 Å². The molecule has 38 heavy (non-hydrogen) atoms. The van der Waals surface area contributed by atoms with Crippen LogP contribution in [-0.4, -0.2) is 58.8 Å². The maximum Gasteiger partial charge on any atom is 0.417 e. The Balaban J connectivity index is 1.25. The van der Waals surface area contributed by atoms with Gasteiger partial charge in [-0.25, -0.2) is 28.4 Å². The molecule has 4 rings (SSSR count). The Hall–Kier alpha value is -3.82. The molecule has 3 aromatic rings. The molecule has 0 aromatic carbocycles. The first-order valence-corrected chi connectivity index (χ1v) is 13.4. The Labute approximate surface area is 219 Å². The van der Waals surface area contributed by atoms with E-state index in [0.717, 1.165) is 24.5 Å². The van der Waals surface area contributed by atoms with Crippen LogP contribution in [0.15, 0.2) is 66.6 Å². The first-order chi connectivity index (χ1) is 18.2. The molecule has 0 spiro atoms. The van der Waals surface area contributed by atoms with Crippen molar-refractivity contribution >= 4 is 15.8 Å². The quantitative estimate of drug-likeness (QED) is 0.332. The summed E-state index contributed by atoms with van der Waals surface area (Å²) >= 11 is 0. The fourth-order valence-electron chi connectivity index (χ4n) is 3.70. The predicted molar refractivity (Wildman–Crippen MR) is 136 cm³/mol. The van der Waals surface area contributed by atoms with Gasteiger partial charge < -0.3 is 4.90 Å². The Morgan fingerprint density at radius 2 is 1.68 bits per heavy atom.